The Hall–Kier alpha value is -2.20. The number of hydrogen-bond donors (Lipinski definition) is 1. The summed E-state index contributed by atoms with van der Waals surface area (Å²) in [6, 6.07) is 6.39. The molecule has 0 radical (unpaired) electrons. The van der Waals surface area contributed by atoms with Gasteiger partial charge in [-0.25, -0.2) is 17.2 Å². The van der Waals surface area contributed by atoms with Crippen LogP contribution in [0.15, 0.2) is 47.4 Å². The highest BCUT2D eigenvalue weighted by Gasteiger charge is 2.50. The molecule has 0 bridgehead atoms. The van der Waals surface area contributed by atoms with Gasteiger partial charge in [0.25, 0.3) is 5.91 Å². The lowest BCUT2D eigenvalue weighted by Gasteiger charge is -2.40. The van der Waals surface area contributed by atoms with E-state index in [9.17, 15) is 30.8 Å². The summed E-state index contributed by atoms with van der Waals surface area (Å²) in [6.45, 7) is 1.81. The van der Waals surface area contributed by atoms with Crippen LogP contribution in [0.2, 0.25) is 5.02 Å². The van der Waals surface area contributed by atoms with Crippen molar-refractivity contribution in [3.8, 4) is 0 Å². The summed E-state index contributed by atoms with van der Waals surface area (Å²) in [7, 11) is -4.69. The van der Waals surface area contributed by atoms with Crippen molar-refractivity contribution in [2.75, 3.05) is 6.54 Å². The summed E-state index contributed by atoms with van der Waals surface area (Å²) in [4.78, 5) is 11.6. The quantitative estimate of drug-likeness (QED) is 0.507. The van der Waals surface area contributed by atoms with Crippen LogP contribution in [-0.4, -0.2) is 25.9 Å². The van der Waals surface area contributed by atoms with Crippen LogP contribution in [0.1, 0.15) is 48.5 Å². The molecular weight excluding hydrogens is 489 g/mol. The number of alkyl halides is 4. The molecule has 3 rings (SSSR count). The Bertz CT molecular complexity index is 1140. The lowest BCUT2D eigenvalue weighted by atomic mass is 9.74. The average Bonchev–Trinajstić information content (AvgIpc) is 2.73. The maximum atomic E-state index is 15.5. The fourth-order valence-corrected chi connectivity index (χ4v) is 5.73. The van der Waals surface area contributed by atoms with E-state index in [1.807, 2.05) is 0 Å². The molecule has 180 valence electrons. The third kappa shape index (κ3) is 5.48. The van der Waals surface area contributed by atoms with Crippen molar-refractivity contribution in [2.24, 2.45) is 5.41 Å². The molecule has 0 aliphatic heterocycles. The van der Waals surface area contributed by atoms with Gasteiger partial charge in [0.1, 0.15) is 5.82 Å². The van der Waals surface area contributed by atoms with Gasteiger partial charge in [-0.1, -0.05) is 24.6 Å². The van der Waals surface area contributed by atoms with Gasteiger partial charge in [0.05, 0.1) is 10.5 Å². The minimum absolute atomic E-state index is 0.00590. The molecule has 4 nitrogen and oxygen atoms in total. The zero-order chi connectivity index (χ0) is 24.7. The number of hydrogen-bond acceptors (Lipinski definition) is 3. The molecule has 2 aromatic carbocycles. The van der Waals surface area contributed by atoms with Crippen LogP contribution in [0.3, 0.4) is 0 Å². The van der Waals surface area contributed by atoms with E-state index in [4.69, 9.17) is 11.6 Å². The molecule has 1 N–H and O–H groups in total. The van der Waals surface area contributed by atoms with E-state index >= 15 is 4.39 Å². The van der Waals surface area contributed by atoms with E-state index in [0.29, 0.717) is 6.07 Å². The molecule has 0 atom stereocenters. The van der Waals surface area contributed by atoms with Crippen LogP contribution < -0.4 is 5.32 Å². The summed E-state index contributed by atoms with van der Waals surface area (Å²) in [6.07, 6.45) is -5.52. The van der Waals surface area contributed by atoms with E-state index in [-0.39, 0.29) is 30.0 Å². The SMILES string of the molecule is CC1(CNC(=O)c2cc(F)cc(Cl)c2)CCC(F)(S(=O)(=O)c2cccc(C(F)(F)F)c2)CC1. The van der Waals surface area contributed by atoms with E-state index in [1.54, 1.807) is 6.92 Å². The molecule has 11 heteroatoms. The Kier molecular flexibility index (Phi) is 6.83. The van der Waals surface area contributed by atoms with Gasteiger partial charge in [-0.2, -0.15) is 13.2 Å². The second-order valence-electron chi connectivity index (χ2n) is 8.56. The van der Waals surface area contributed by atoms with Crippen molar-refractivity contribution in [3.05, 3.63) is 64.4 Å². The third-order valence-corrected chi connectivity index (χ3v) is 8.42. The summed E-state index contributed by atoms with van der Waals surface area (Å²) < 4.78 is 93.6. The predicted molar refractivity (Wildman–Crippen MR) is 113 cm³/mol. The van der Waals surface area contributed by atoms with Gasteiger partial charge in [0.2, 0.25) is 14.8 Å². The Morgan fingerprint density at radius 1 is 1.09 bits per heavy atom. The van der Waals surface area contributed by atoms with Crippen LogP contribution in [0.25, 0.3) is 0 Å². The lowest BCUT2D eigenvalue weighted by molar-refractivity contribution is -0.137. The van der Waals surface area contributed by atoms with Crippen LogP contribution in [0, 0.1) is 11.2 Å². The molecule has 1 aliphatic carbocycles. The van der Waals surface area contributed by atoms with Gasteiger partial charge in [-0.3, -0.25) is 4.79 Å². The Balaban J connectivity index is 1.70. The first-order valence-corrected chi connectivity index (χ1v) is 11.9. The topological polar surface area (TPSA) is 63.2 Å². The predicted octanol–water partition coefficient (Wildman–Crippen LogP) is 5.95. The largest absolute Gasteiger partial charge is 0.416 e. The minimum Gasteiger partial charge on any atom is -0.351 e. The monoisotopic (exact) mass is 509 g/mol. The van der Waals surface area contributed by atoms with E-state index < -0.39 is 61.5 Å². The molecule has 2 aromatic rings. The van der Waals surface area contributed by atoms with E-state index in [1.165, 1.54) is 6.07 Å². The summed E-state index contributed by atoms with van der Waals surface area (Å²) in [5.74, 6) is -1.27. The summed E-state index contributed by atoms with van der Waals surface area (Å²) in [5, 5.41) is -0.0538. The number of nitrogens with one attached hydrogen (secondary N) is 1. The van der Waals surface area contributed by atoms with Gasteiger partial charge < -0.3 is 5.32 Å². The van der Waals surface area contributed by atoms with Gasteiger partial charge in [0, 0.05) is 17.1 Å². The van der Waals surface area contributed by atoms with Crippen LogP contribution in [-0.2, 0) is 16.0 Å². The number of carbonyl (C=O) groups excluding carboxylic acids is 1. The Morgan fingerprint density at radius 2 is 1.73 bits per heavy atom. The number of rotatable bonds is 5. The van der Waals surface area contributed by atoms with Crippen LogP contribution in [0.5, 0.6) is 0 Å². The fraction of sp³-hybridized carbons (Fsp3) is 0.409. The van der Waals surface area contributed by atoms with Crippen LogP contribution >= 0.6 is 11.6 Å². The Morgan fingerprint density at radius 3 is 2.30 bits per heavy atom. The number of sulfone groups is 1. The normalized spacial score (nSPS) is 23.8. The second-order valence-corrected chi connectivity index (χ2v) is 11.2. The molecule has 1 aliphatic rings. The first-order chi connectivity index (χ1) is 15.2. The molecular formula is C22H21ClF5NO3S. The fourth-order valence-electron chi connectivity index (χ4n) is 3.80. The lowest BCUT2D eigenvalue weighted by Crippen LogP contribution is -2.45. The first-order valence-electron chi connectivity index (χ1n) is 10.0. The highest BCUT2D eigenvalue weighted by molar-refractivity contribution is 7.92. The van der Waals surface area contributed by atoms with E-state index in [2.05, 4.69) is 5.32 Å². The summed E-state index contributed by atoms with van der Waals surface area (Å²) in [5.41, 5.74) is -1.83. The Labute approximate surface area is 193 Å². The van der Waals surface area contributed by atoms with Gasteiger partial charge in [-0.05, 0) is 67.5 Å². The smallest absolute Gasteiger partial charge is 0.351 e. The van der Waals surface area contributed by atoms with Crippen molar-refractivity contribution in [3.63, 3.8) is 0 Å². The summed E-state index contributed by atoms with van der Waals surface area (Å²) >= 11 is 5.75. The van der Waals surface area contributed by atoms with Crippen molar-refractivity contribution >= 4 is 27.3 Å². The van der Waals surface area contributed by atoms with Gasteiger partial charge in [0.15, 0.2) is 0 Å². The van der Waals surface area contributed by atoms with Crippen LogP contribution in [0.4, 0.5) is 22.0 Å². The number of benzene rings is 2. The van der Waals surface area contributed by atoms with Crippen molar-refractivity contribution < 1.29 is 35.2 Å². The molecule has 0 aromatic heterocycles. The molecule has 0 heterocycles. The average molecular weight is 510 g/mol. The molecule has 1 fully saturated rings. The first kappa shape index (κ1) is 25.4. The molecule has 1 amide bonds. The maximum Gasteiger partial charge on any atom is 0.416 e. The van der Waals surface area contributed by atoms with Crippen molar-refractivity contribution in [2.45, 2.75) is 48.7 Å². The molecule has 33 heavy (non-hydrogen) atoms. The number of carbonyl (C=O) groups is 1. The standard InChI is InChI=1S/C22H21ClF5NO3S/c1-20(13-29-19(30)14-9-16(23)12-17(24)10-14)5-7-21(25,8-6-20)33(31,32)18-4-2-3-15(11-18)22(26,27)28/h2-4,9-12H,5-8,13H2,1H3,(H,29,30). The molecule has 0 saturated heterocycles. The van der Waals surface area contributed by atoms with Crippen molar-refractivity contribution in [1.82, 2.24) is 5.32 Å². The van der Waals surface area contributed by atoms with Crippen molar-refractivity contribution in [1.29, 1.82) is 0 Å². The second kappa shape index (κ2) is 8.87. The minimum atomic E-state index is -4.76. The maximum absolute atomic E-state index is 15.5. The molecule has 0 spiro atoms. The highest BCUT2D eigenvalue weighted by Crippen LogP contribution is 2.47. The number of amides is 1. The molecule has 1 saturated carbocycles. The zero-order valence-corrected chi connectivity index (χ0v) is 19.1. The zero-order valence-electron chi connectivity index (χ0n) is 17.5. The van der Waals surface area contributed by atoms with E-state index in [0.717, 1.165) is 30.3 Å². The number of halogens is 6. The third-order valence-electron chi connectivity index (χ3n) is 5.96. The highest BCUT2D eigenvalue weighted by atomic mass is 35.5. The molecule has 0 unspecified atom stereocenters. The van der Waals surface area contributed by atoms with Gasteiger partial charge in [-0.15, -0.1) is 0 Å². The van der Waals surface area contributed by atoms with Gasteiger partial charge >= 0.3 is 6.18 Å².